The molecule has 0 radical (unpaired) electrons. The van der Waals surface area contributed by atoms with Gasteiger partial charge in [0, 0.05) is 39.2 Å². The van der Waals surface area contributed by atoms with Crippen LogP contribution in [-0.4, -0.2) is 55.5 Å². The molecule has 10 heteroatoms. The van der Waals surface area contributed by atoms with Crippen LogP contribution in [0.25, 0.3) is 10.2 Å². The minimum atomic E-state index is -3.57. The summed E-state index contributed by atoms with van der Waals surface area (Å²) in [5.41, 5.74) is 0.664. The number of nitrogens with zero attached hydrogens (tertiary/aromatic N) is 2. The van der Waals surface area contributed by atoms with Gasteiger partial charge in [0.05, 0.1) is 21.2 Å². The molecule has 2 fully saturated rings. The number of ether oxygens (including phenoxy) is 1. The van der Waals surface area contributed by atoms with Crippen molar-refractivity contribution in [1.29, 1.82) is 0 Å². The van der Waals surface area contributed by atoms with Crippen LogP contribution in [0.3, 0.4) is 0 Å². The maximum absolute atomic E-state index is 13.1. The summed E-state index contributed by atoms with van der Waals surface area (Å²) in [7, 11) is -3.57. The average Bonchev–Trinajstić information content (AvgIpc) is 3.27. The quantitative estimate of drug-likeness (QED) is 0.674. The van der Waals surface area contributed by atoms with Crippen molar-refractivity contribution in [3.05, 3.63) is 27.9 Å². The maximum atomic E-state index is 13.1. The molecule has 0 aliphatic carbocycles. The van der Waals surface area contributed by atoms with Crippen molar-refractivity contribution < 1.29 is 17.9 Å². The molecule has 0 bridgehead atoms. The van der Waals surface area contributed by atoms with Crippen molar-refractivity contribution in [2.75, 3.05) is 26.2 Å². The van der Waals surface area contributed by atoms with E-state index in [0.717, 1.165) is 56.5 Å². The van der Waals surface area contributed by atoms with Crippen molar-refractivity contribution in [1.82, 2.24) is 14.2 Å². The molecule has 8 nitrogen and oxygen atoms in total. The van der Waals surface area contributed by atoms with E-state index >= 15 is 0 Å². The lowest BCUT2D eigenvalue weighted by Gasteiger charge is -2.19. The Bertz CT molecular complexity index is 1080. The molecule has 2 aromatic rings. The van der Waals surface area contributed by atoms with Crippen LogP contribution in [0.4, 0.5) is 0 Å². The largest absolute Gasteiger partial charge is 0.376 e. The second-order valence-electron chi connectivity index (χ2n) is 8.16. The van der Waals surface area contributed by atoms with Crippen molar-refractivity contribution >= 4 is 37.5 Å². The molecule has 1 amide bonds. The van der Waals surface area contributed by atoms with E-state index in [4.69, 9.17) is 4.74 Å². The van der Waals surface area contributed by atoms with Crippen LogP contribution in [0.1, 0.15) is 44.9 Å². The highest BCUT2D eigenvalue weighted by atomic mass is 32.2. The minimum Gasteiger partial charge on any atom is -0.376 e. The zero-order valence-corrected chi connectivity index (χ0v) is 19.2. The van der Waals surface area contributed by atoms with Crippen LogP contribution in [0, 0.1) is 0 Å². The Hall–Kier alpha value is -1.75. The number of amides is 1. The van der Waals surface area contributed by atoms with Gasteiger partial charge in [0.25, 0.3) is 0 Å². The molecule has 2 saturated heterocycles. The van der Waals surface area contributed by atoms with Gasteiger partial charge in [-0.2, -0.15) is 4.31 Å². The zero-order valence-electron chi connectivity index (χ0n) is 17.5. The number of benzene rings is 1. The Balaban J connectivity index is 1.45. The fraction of sp³-hybridized carbons (Fsp3) is 0.619. The van der Waals surface area contributed by atoms with Crippen LogP contribution in [-0.2, 0) is 26.1 Å². The first kappa shape index (κ1) is 22.4. The summed E-state index contributed by atoms with van der Waals surface area (Å²) >= 11 is 1.02. The fourth-order valence-electron chi connectivity index (χ4n) is 4.18. The SMILES string of the molecule is O=C(CCn1c(=O)sc2cc(S(=O)(=O)N3CCCCCC3)ccc21)NC[C@H]1CCCO1. The van der Waals surface area contributed by atoms with Gasteiger partial charge in [-0.15, -0.1) is 0 Å². The highest BCUT2D eigenvalue weighted by Gasteiger charge is 2.26. The molecule has 1 N–H and O–H groups in total. The van der Waals surface area contributed by atoms with E-state index in [1.807, 2.05) is 0 Å². The third-order valence-electron chi connectivity index (χ3n) is 5.96. The number of nitrogens with one attached hydrogen (secondary N) is 1. The van der Waals surface area contributed by atoms with Gasteiger partial charge in [0.1, 0.15) is 0 Å². The van der Waals surface area contributed by atoms with Gasteiger partial charge in [0.2, 0.25) is 15.9 Å². The molecule has 31 heavy (non-hydrogen) atoms. The summed E-state index contributed by atoms with van der Waals surface area (Å²) in [6.45, 7) is 2.58. The molecule has 3 heterocycles. The van der Waals surface area contributed by atoms with Gasteiger partial charge < -0.3 is 10.1 Å². The maximum Gasteiger partial charge on any atom is 0.308 e. The average molecular weight is 468 g/mol. The number of rotatable bonds is 7. The number of aryl methyl sites for hydroxylation is 1. The van der Waals surface area contributed by atoms with Crippen molar-refractivity contribution in [3.63, 3.8) is 0 Å². The van der Waals surface area contributed by atoms with Gasteiger partial charge in [0.15, 0.2) is 0 Å². The van der Waals surface area contributed by atoms with Crippen molar-refractivity contribution in [2.24, 2.45) is 0 Å². The molecule has 1 atom stereocenters. The van der Waals surface area contributed by atoms with Crippen LogP contribution in [0.2, 0.25) is 0 Å². The van der Waals surface area contributed by atoms with Crippen LogP contribution >= 0.6 is 11.3 Å². The Morgan fingerprint density at radius 2 is 1.94 bits per heavy atom. The summed E-state index contributed by atoms with van der Waals surface area (Å²) in [4.78, 5) is 24.7. The normalized spacial score (nSPS) is 20.7. The fourth-order valence-corrected chi connectivity index (χ4v) is 6.76. The van der Waals surface area contributed by atoms with E-state index in [1.165, 1.54) is 0 Å². The molecule has 170 valence electrons. The Morgan fingerprint density at radius 1 is 1.16 bits per heavy atom. The smallest absolute Gasteiger partial charge is 0.308 e. The van der Waals surface area contributed by atoms with Gasteiger partial charge in [-0.3, -0.25) is 14.2 Å². The van der Waals surface area contributed by atoms with E-state index in [-0.39, 0.29) is 34.7 Å². The lowest BCUT2D eigenvalue weighted by atomic mass is 10.2. The van der Waals surface area contributed by atoms with E-state index in [0.29, 0.717) is 29.9 Å². The Labute approximate surface area is 186 Å². The van der Waals surface area contributed by atoms with E-state index < -0.39 is 10.0 Å². The summed E-state index contributed by atoms with van der Waals surface area (Å²) in [6.07, 6.45) is 6.10. The summed E-state index contributed by atoms with van der Waals surface area (Å²) in [6, 6.07) is 4.85. The van der Waals surface area contributed by atoms with Crippen LogP contribution < -0.4 is 10.2 Å². The lowest BCUT2D eigenvalue weighted by Crippen LogP contribution is -2.32. The van der Waals surface area contributed by atoms with Gasteiger partial charge in [-0.1, -0.05) is 24.2 Å². The molecule has 2 aliphatic heterocycles. The number of carbonyl (C=O) groups is 1. The number of aromatic nitrogens is 1. The first-order valence-electron chi connectivity index (χ1n) is 11.0. The van der Waals surface area contributed by atoms with E-state index in [1.54, 1.807) is 27.1 Å². The number of thiazole rings is 1. The molecule has 0 saturated carbocycles. The number of fused-ring (bicyclic) bond motifs is 1. The highest BCUT2D eigenvalue weighted by Crippen LogP contribution is 2.25. The minimum absolute atomic E-state index is 0.0817. The molecule has 4 rings (SSSR count). The summed E-state index contributed by atoms with van der Waals surface area (Å²) in [5.74, 6) is -0.123. The van der Waals surface area contributed by atoms with Gasteiger partial charge in [-0.05, 0) is 43.9 Å². The third kappa shape index (κ3) is 5.19. The second kappa shape index (κ2) is 9.81. The Morgan fingerprint density at radius 3 is 2.65 bits per heavy atom. The van der Waals surface area contributed by atoms with Crippen molar-refractivity contribution in [2.45, 2.75) is 62.5 Å². The highest BCUT2D eigenvalue weighted by molar-refractivity contribution is 7.89. The van der Waals surface area contributed by atoms with Gasteiger partial charge in [-0.25, -0.2) is 8.42 Å². The number of sulfonamides is 1. The molecule has 1 aromatic carbocycles. The Kier molecular flexibility index (Phi) is 7.10. The second-order valence-corrected chi connectivity index (χ2v) is 11.1. The molecule has 1 aromatic heterocycles. The number of hydrogen-bond donors (Lipinski definition) is 1. The number of hydrogen-bond acceptors (Lipinski definition) is 6. The summed E-state index contributed by atoms with van der Waals surface area (Å²) in [5, 5.41) is 2.86. The first-order chi connectivity index (χ1) is 14.9. The zero-order chi connectivity index (χ0) is 21.8. The van der Waals surface area contributed by atoms with E-state index in [2.05, 4.69) is 5.32 Å². The van der Waals surface area contributed by atoms with E-state index in [9.17, 15) is 18.0 Å². The molecule has 0 spiro atoms. The predicted octanol–water partition coefficient (Wildman–Crippen LogP) is 2.31. The molecule has 0 unspecified atom stereocenters. The third-order valence-corrected chi connectivity index (χ3v) is 8.79. The first-order valence-corrected chi connectivity index (χ1v) is 13.2. The topological polar surface area (TPSA) is 97.7 Å². The van der Waals surface area contributed by atoms with Crippen LogP contribution in [0.15, 0.2) is 27.9 Å². The standard InChI is InChI=1S/C21H29N3O5S2/c25-20(22-15-16-6-5-13-29-16)9-12-24-18-8-7-17(14-19(18)30-21(24)26)31(27,28)23-10-3-1-2-4-11-23/h7-8,14,16H,1-6,9-13,15H2,(H,22,25)/t16-/m1/s1. The molecular weight excluding hydrogens is 438 g/mol. The molecule has 2 aliphatic rings. The lowest BCUT2D eigenvalue weighted by molar-refractivity contribution is -0.121. The summed E-state index contributed by atoms with van der Waals surface area (Å²) < 4.78 is 35.3. The van der Waals surface area contributed by atoms with Crippen molar-refractivity contribution in [3.8, 4) is 0 Å². The number of carbonyl (C=O) groups excluding carboxylic acids is 1. The predicted molar refractivity (Wildman–Crippen MR) is 120 cm³/mol. The van der Waals surface area contributed by atoms with Gasteiger partial charge >= 0.3 is 4.87 Å². The molecular formula is C21H29N3O5S2. The monoisotopic (exact) mass is 467 g/mol. The van der Waals surface area contributed by atoms with Crippen LogP contribution in [0.5, 0.6) is 0 Å².